The van der Waals surface area contributed by atoms with E-state index < -0.39 is 0 Å². The molecule has 0 aliphatic rings. The molecule has 0 saturated heterocycles. The quantitative estimate of drug-likeness (QED) is 0.413. The van der Waals surface area contributed by atoms with E-state index in [-0.39, 0.29) is 5.75 Å². The molecular formula is C14H25N3O2. The zero-order chi connectivity index (χ0) is 14.3. The predicted octanol–water partition coefficient (Wildman–Crippen LogP) is 0.868. The van der Waals surface area contributed by atoms with Crippen LogP contribution in [-0.4, -0.2) is 37.6 Å². The van der Waals surface area contributed by atoms with E-state index in [0.29, 0.717) is 11.8 Å². The highest BCUT2D eigenvalue weighted by Gasteiger charge is 1.93. The summed E-state index contributed by atoms with van der Waals surface area (Å²) in [6.45, 7) is 3.71. The number of carbonyl (C=O) groups excluding carboxylic acids is 1. The van der Waals surface area contributed by atoms with E-state index in [1.165, 1.54) is 12.5 Å². The SMILES string of the molecule is NCCCCNCCCN.O=Cc1ccccc1O. The first-order valence-corrected chi connectivity index (χ1v) is 6.60. The lowest BCUT2D eigenvalue weighted by molar-refractivity contribution is 0.112. The van der Waals surface area contributed by atoms with Gasteiger partial charge in [0.25, 0.3) is 0 Å². The third-order valence-electron chi connectivity index (χ3n) is 2.43. The number of hydrogen-bond acceptors (Lipinski definition) is 5. The standard InChI is InChI=1S/C7H19N3.C7H6O2/c8-4-1-2-6-10-7-3-5-9;8-5-6-3-1-2-4-7(6)9/h10H,1-9H2;1-5,9H. The number of hydrogen-bond donors (Lipinski definition) is 4. The average Bonchev–Trinajstić information content (AvgIpc) is 2.44. The Balaban J connectivity index is 0.000000342. The van der Waals surface area contributed by atoms with Crippen molar-refractivity contribution in [2.75, 3.05) is 26.2 Å². The van der Waals surface area contributed by atoms with Gasteiger partial charge in [0.05, 0.1) is 5.56 Å². The second kappa shape index (κ2) is 13.0. The molecule has 0 spiro atoms. The summed E-state index contributed by atoms with van der Waals surface area (Å²) in [4.78, 5) is 10.1. The fourth-order valence-corrected chi connectivity index (χ4v) is 1.33. The Morgan fingerprint density at radius 2 is 1.68 bits per heavy atom. The number of carbonyl (C=O) groups is 1. The molecule has 1 aromatic carbocycles. The molecule has 19 heavy (non-hydrogen) atoms. The van der Waals surface area contributed by atoms with Crippen molar-refractivity contribution in [1.82, 2.24) is 5.32 Å². The van der Waals surface area contributed by atoms with Crippen molar-refractivity contribution >= 4 is 6.29 Å². The van der Waals surface area contributed by atoms with Gasteiger partial charge in [0, 0.05) is 0 Å². The van der Waals surface area contributed by atoms with Gasteiger partial charge >= 0.3 is 0 Å². The van der Waals surface area contributed by atoms with E-state index in [9.17, 15) is 4.79 Å². The maximum Gasteiger partial charge on any atom is 0.153 e. The van der Waals surface area contributed by atoms with E-state index in [1.807, 2.05) is 0 Å². The first-order valence-electron chi connectivity index (χ1n) is 6.60. The number of para-hydroxylation sites is 1. The highest BCUT2D eigenvalue weighted by atomic mass is 16.3. The van der Waals surface area contributed by atoms with Crippen molar-refractivity contribution in [2.45, 2.75) is 19.3 Å². The molecule has 0 aromatic heterocycles. The maximum absolute atomic E-state index is 10.1. The minimum absolute atomic E-state index is 0.0347. The Kier molecular flexibility index (Phi) is 12.0. The zero-order valence-electron chi connectivity index (χ0n) is 11.3. The van der Waals surface area contributed by atoms with Crippen LogP contribution < -0.4 is 16.8 Å². The number of nitrogens with one attached hydrogen (secondary N) is 1. The number of aromatic hydroxyl groups is 1. The first kappa shape index (κ1) is 17.6. The van der Waals surface area contributed by atoms with Crippen LogP contribution in [0.3, 0.4) is 0 Å². The Bertz CT molecular complexity index is 324. The van der Waals surface area contributed by atoms with E-state index in [1.54, 1.807) is 18.2 Å². The zero-order valence-corrected chi connectivity index (χ0v) is 11.3. The second-order valence-electron chi connectivity index (χ2n) is 4.06. The molecule has 0 amide bonds. The van der Waals surface area contributed by atoms with Crippen LogP contribution in [0.1, 0.15) is 29.6 Å². The molecule has 0 heterocycles. The number of phenolic OH excluding ortho intramolecular Hbond substituents is 1. The van der Waals surface area contributed by atoms with E-state index in [2.05, 4.69) is 5.32 Å². The van der Waals surface area contributed by atoms with Gasteiger partial charge in [-0.25, -0.2) is 0 Å². The Morgan fingerprint density at radius 3 is 2.21 bits per heavy atom. The van der Waals surface area contributed by atoms with Crippen LogP contribution in [0, 0.1) is 0 Å². The number of rotatable bonds is 8. The van der Waals surface area contributed by atoms with Crippen LogP contribution in [-0.2, 0) is 0 Å². The van der Waals surface area contributed by atoms with Crippen LogP contribution >= 0.6 is 0 Å². The summed E-state index contributed by atoms with van der Waals surface area (Å²) >= 11 is 0. The third-order valence-corrected chi connectivity index (χ3v) is 2.43. The Morgan fingerprint density at radius 1 is 1.05 bits per heavy atom. The molecule has 108 valence electrons. The highest BCUT2D eigenvalue weighted by molar-refractivity contribution is 5.78. The fourth-order valence-electron chi connectivity index (χ4n) is 1.33. The number of unbranched alkanes of at least 4 members (excludes halogenated alkanes) is 1. The number of aldehydes is 1. The van der Waals surface area contributed by atoms with Crippen molar-refractivity contribution in [3.8, 4) is 5.75 Å². The number of nitrogens with two attached hydrogens (primary N) is 2. The van der Waals surface area contributed by atoms with E-state index in [0.717, 1.165) is 39.0 Å². The van der Waals surface area contributed by atoms with Crippen LogP contribution in [0.5, 0.6) is 5.75 Å². The minimum atomic E-state index is 0.0347. The molecule has 0 unspecified atom stereocenters. The van der Waals surface area contributed by atoms with Crippen molar-refractivity contribution in [1.29, 1.82) is 0 Å². The molecule has 6 N–H and O–H groups in total. The van der Waals surface area contributed by atoms with Gasteiger partial charge in [0.2, 0.25) is 0 Å². The van der Waals surface area contributed by atoms with Crippen molar-refractivity contribution in [2.24, 2.45) is 11.5 Å². The second-order valence-corrected chi connectivity index (χ2v) is 4.06. The summed E-state index contributed by atoms with van der Waals surface area (Å²) in [7, 11) is 0. The lowest BCUT2D eigenvalue weighted by Gasteiger charge is -2.01. The Hall–Kier alpha value is -1.43. The summed E-state index contributed by atoms with van der Waals surface area (Å²) in [6, 6.07) is 6.40. The summed E-state index contributed by atoms with van der Waals surface area (Å²) in [5.74, 6) is 0.0347. The molecule has 5 heteroatoms. The van der Waals surface area contributed by atoms with Crippen LogP contribution in [0.25, 0.3) is 0 Å². The molecule has 0 radical (unpaired) electrons. The lowest BCUT2D eigenvalue weighted by atomic mass is 10.2. The third kappa shape index (κ3) is 10.2. The molecule has 0 fully saturated rings. The summed E-state index contributed by atoms with van der Waals surface area (Å²) in [5, 5.41) is 12.2. The van der Waals surface area contributed by atoms with Crippen LogP contribution in [0.4, 0.5) is 0 Å². The van der Waals surface area contributed by atoms with Gasteiger partial charge < -0.3 is 21.9 Å². The fraction of sp³-hybridized carbons (Fsp3) is 0.500. The molecule has 0 aliphatic heterocycles. The van der Waals surface area contributed by atoms with Gasteiger partial charge in [-0.15, -0.1) is 0 Å². The van der Waals surface area contributed by atoms with Gasteiger partial charge in [0.15, 0.2) is 6.29 Å². The lowest BCUT2D eigenvalue weighted by Crippen LogP contribution is -2.19. The molecule has 0 bridgehead atoms. The van der Waals surface area contributed by atoms with Gasteiger partial charge in [-0.3, -0.25) is 4.79 Å². The molecule has 5 nitrogen and oxygen atoms in total. The van der Waals surface area contributed by atoms with Gasteiger partial charge in [-0.2, -0.15) is 0 Å². The topological polar surface area (TPSA) is 101 Å². The molecule has 0 aliphatic carbocycles. The Labute approximate surface area is 115 Å². The van der Waals surface area contributed by atoms with Gasteiger partial charge in [-0.1, -0.05) is 12.1 Å². The van der Waals surface area contributed by atoms with Crippen LogP contribution in [0.2, 0.25) is 0 Å². The minimum Gasteiger partial charge on any atom is -0.507 e. The molecule has 1 rings (SSSR count). The molecular weight excluding hydrogens is 242 g/mol. The molecule has 1 aromatic rings. The van der Waals surface area contributed by atoms with Gasteiger partial charge in [0.1, 0.15) is 5.75 Å². The highest BCUT2D eigenvalue weighted by Crippen LogP contribution is 2.11. The normalized spacial score (nSPS) is 9.58. The van der Waals surface area contributed by atoms with Crippen molar-refractivity contribution in [3.05, 3.63) is 29.8 Å². The summed E-state index contributed by atoms with van der Waals surface area (Å²) in [5.41, 5.74) is 11.0. The van der Waals surface area contributed by atoms with Gasteiger partial charge in [-0.05, 0) is 57.6 Å². The summed E-state index contributed by atoms with van der Waals surface area (Å²) in [6.07, 6.45) is 3.99. The predicted molar refractivity (Wildman–Crippen MR) is 78.3 cm³/mol. The molecule has 0 atom stereocenters. The molecule has 0 saturated carbocycles. The van der Waals surface area contributed by atoms with Crippen molar-refractivity contribution in [3.63, 3.8) is 0 Å². The van der Waals surface area contributed by atoms with Crippen LogP contribution in [0.15, 0.2) is 24.3 Å². The largest absolute Gasteiger partial charge is 0.507 e. The average molecular weight is 267 g/mol. The number of phenols is 1. The maximum atomic E-state index is 10.1. The smallest absolute Gasteiger partial charge is 0.153 e. The van der Waals surface area contributed by atoms with Crippen molar-refractivity contribution < 1.29 is 9.90 Å². The first-order chi connectivity index (χ1) is 9.26. The van der Waals surface area contributed by atoms with E-state index in [4.69, 9.17) is 16.6 Å². The van der Waals surface area contributed by atoms with E-state index >= 15 is 0 Å². The summed E-state index contributed by atoms with van der Waals surface area (Å²) < 4.78 is 0. The monoisotopic (exact) mass is 267 g/mol. The number of benzene rings is 1.